The van der Waals surface area contributed by atoms with Gasteiger partial charge in [-0.2, -0.15) is 0 Å². The summed E-state index contributed by atoms with van der Waals surface area (Å²) in [7, 11) is 0. The molecule has 0 aromatic rings. The molecular formula is C35H56O10. The molecular weight excluding hydrogens is 580 g/mol. The number of aliphatic hydroxyl groups excluding tert-OH is 2. The summed E-state index contributed by atoms with van der Waals surface area (Å²) in [6, 6.07) is 0. The van der Waals surface area contributed by atoms with Gasteiger partial charge in [0.25, 0.3) is 0 Å². The molecule has 2 saturated carbocycles. The fourth-order valence-electron chi connectivity index (χ4n) is 8.34. The van der Waals surface area contributed by atoms with Crippen molar-refractivity contribution in [2.24, 2.45) is 40.4 Å². The molecule has 3 rings (SSSR count). The number of esters is 4. The number of hydrogen-bond donors (Lipinski definition) is 2. The van der Waals surface area contributed by atoms with Crippen LogP contribution in [0.25, 0.3) is 0 Å². The van der Waals surface area contributed by atoms with E-state index in [-0.39, 0.29) is 43.4 Å². The molecule has 0 radical (unpaired) electrons. The van der Waals surface area contributed by atoms with Gasteiger partial charge in [0.05, 0.1) is 0 Å². The molecule has 256 valence electrons. The lowest BCUT2D eigenvalue weighted by atomic mass is 9.49. The summed E-state index contributed by atoms with van der Waals surface area (Å²) in [4.78, 5) is 51.8. The minimum atomic E-state index is -1.27. The standard InChI is InChI=1S/C35H56O10/c1-11-13-24(37)44-30-27(19(5)6)28-22-16-20(7)29(40)31(42-21(8)36)33(45-25(38)14-12-2)34(22,9)17-23(35(28,10)32(30)41)43-26(39)15-18(3)4/h16,18-19,22-23,27-33,40-41H,11-15,17H2,1-10H3/t22-,23+,27-,28+,29+,30-,31+,32+,33-,34-,35+/m1/s1. The van der Waals surface area contributed by atoms with E-state index in [1.54, 1.807) is 6.92 Å². The first-order valence-electron chi connectivity index (χ1n) is 16.7. The highest BCUT2D eigenvalue weighted by molar-refractivity contribution is 5.71. The van der Waals surface area contributed by atoms with Crippen LogP contribution in [0.4, 0.5) is 0 Å². The Labute approximate surface area is 268 Å². The quantitative estimate of drug-likeness (QED) is 0.182. The molecule has 45 heavy (non-hydrogen) atoms. The van der Waals surface area contributed by atoms with Crippen molar-refractivity contribution < 1.29 is 48.3 Å². The zero-order valence-corrected chi connectivity index (χ0v) is 28.8. The van der Waals surface area contributed by atoms with Gasteiger partial charge in [-0.25, -0.2) is 0 Å². The molecule has 10 heteroatoms. The third kappa shape index (κ3) is 7.27. The molecule has 3 aliphatic carbocycles. The topological polar surface area (TPSA) is 146 Å². The highest BCUT2D eigenvalue weighted by Crippen LogP contribution is 2.67. The van der Waals surface area contributed by atoms with Gasteiger partial charge in [0, 0.05) is 42.9 Å². The Morgan fingerprint density at radius 3 is 1.98 bits per heavy atom. The molecule has 0 saturated heterocycles. The summed E-state index contributed by atoms with van der Waals surface area (Å²) in [5.41, 5.74) is -1.55. The van der Waals surface area contributed by atoms with E-state index in [1.165, 1.54) is 6.92 Å². The number of aliphatic hydroxyl groups is 2. The maximum atomic E-state index is 13.3. The Hall–Kier alpha value is -2.46. The van der Waals surface area contributed by atoms with Crippen LogP contribution in [0.15, 0.2) is 11.6 Å². The van der Waals surface area contributed by atoms with Gasteiger partial charge in [0.2, 0.25) is 0 Å². The second-order valence-electron chi connectivity index (χ2n) is 14.8. The van der Waals surface area contributed by atoms with Crippen LogP contribution >= 0.6 is 0 Å². The summed E-state index contributed by atoms with van der Waals surface area (Å²) < 4.78 is 24.2. The van der Waals surface area contributed by atoms with Crippen molar-refractivity contribution in [3.8, 4) is 0 Å². The van der Waals surface area contributed by atoms with E-state index in [4.69, 9.17) is 18.9 Å². The van der Waals surface area contributed by atoms with Crippen molar-refractivity contribution in [1.82, 2.24) is 0 Å². The van der Waals surface area contributed by atoms with Gasteiger partial charge in [-0.3, -0.25) is 19.2 Å². The third-order valence-corrected chi connectivity index (χ3v) is 10.5. The number of carbonyl (C=O) groups is 4. The minimum Gasteiger partial charge on any atom is -0.462 e. The van der Waals surface area contributed by atoms with Crippen LogP contribution in [-0.2, 0) is 38.1 Å². The number of hydrogen-bond acceptors (Lipinski definition) is 10. The lowest BCUT2D eigenvalue weighted by Crippen LogP contribution is -2.63. The second kappa shape index (κ2) is 14.5. The second-order valence-corrected chi connectivity index (χ2v) is 14.8. The Morgan fingerprint density at radius 1 is 0.889 bits per heavy atom. The summed E-state index contributed by atoms with van der Waals surface area (Å²) in [5.74, 6) is -3.27. The summed E-state index contributed by atoms with van der Waals surface area (Å²) in [5, 5.41) is 23.7. The lowest BCUT2D eigenvalue weighted by molar-refractivity contribution is -0.223. The van der Waals surface area contributed by atoms with E-state index < -0.39 is 83.2 Å². The molecule has 0 aromatic heterocycles. The summed E-state index contributed by atoms with van der Waals surface area (Å²) in [6.07, 6.45) is -2.78. The van der Waals surface area contributed by atoms with Gasteiger partial charge in [-0.15, -0.1) is 0 Å². The monoisotopic (exact) mass is 636 g/mol. The first-order valence-corrected chi connectivity index (χ1v) is 16.7. The van der Waals surface area contributed by atoms with E-state index in [9.17, 15) is 29.4 Å². The lowest BCUT2D eigenvalue weighted by Gasteiger charge is -2.58. The van der Waals surface area contributed by atoms with Crippen molar-refractivity contribution in [2.75, 3.05) is 0 Å². The number of ether oxygens (including phenoxy) is 4. The maximum absolute atomic E-state index is 13.3. The normalized spacial score (nSPS) is 37.6. The van der Waals surface area contributed by atoms with Crippen LogP contribution < -0.4 is 0 Å². The molecule has 0 unspecified atom stereocenters. The SMILES string of the molecule is CCCC(=O)O[C@@H]1[C@H](C(C)C)[C@@H]2[C@H]3C=C(C)[C@H](O)[C@H](OC(C)=O)[C@@H](OC(=O)CCC)[C@]3(C)C[C@H](OC(=O)CC(C)C)[C@]2(C)[C@H]1O. The van der Waals surface area contributed by atoms with Crippen molar-refractivity contribution >= 4 is 23.9 Å². The van der Waals surface area contributed by atoms with Gasteiger partial charge in [0.1, 0.15) is 30.5 Å². The first-order chi connectivity index (χ1) is 20.9. The summed E-state index contributed by atoms with van der Waals surface area (Å²) in [6.45, 7) is 18.4. The van der Waals surface area contributed by atoms with E-state index >= 15 is 0 Å². The van der Waals surface area contributed by atoms with Gasteiger partial charge in [-0.1, -0.05) is 61.5 Å². The number of fused-ring (bicyclic) bond motifs is 3. The molecule has 0 spiro atoms. The Balaban J connectivity index is 2.32. The highest BCUT2D eigenvalue weighted by atomic mass is 16.6. The highest BCUT2D eigenvalue weighted by Gasteiger charge is 2.72. The van der Waals surface area contributed by atoms with Crippen molar-refractivity contribution in [1.29, 1.82) is 0 Å². The molecule has 2 fully saturated rings. The van der Waals surface area contributed by atoms with Gasteiger partial charge in [0.15, 0.2) is 6.10 Å². The average Bonchev–Trinajstić information content (AvgIpc) is 3.11. The molecule has 0 aromatic carbocycles. The molecule has 0 bridgehead atoms. The smallest absolute Gasteiger partial charge is 0.306 e. The van der Waals surface area contributed by atoms with E-state index in [2.05, 4.69) is 0 Å². The van der Waals surface area contributed by atoms with Gasteiger partial charge >= 0.3 is 23.9 Å². The number of allylic oxidation sites excluding steroid dienone is 1. The van der Waals surface area contributed by atoms with Crippen LogP contribution in [0.5, 0.6) is 0 Å². The van der Waals surface area contributed by atoms with Crippen molar-refractivity contribution in [3.05, 3.63) is 11.6 Å². The van der Waals surface area contributed by atoms with E-state index in [1.807, 2.05) is 61.5 Å². The zero-order valence-electron chi connectivity index (χ0n) is 28.8. The Bertz CT molecular complexity index is 1130. The van der Waals surface area contributed by atoms with Crippen LogP contribution in [0, 0.1) is 40.4 Å². The predicted molar refractivity (Wildman–Crippen MR) is 166 cm³/mol. The largest absolute Gasteiger partial charge is 0.462 e. The fraction of sp³-hybridized carbons (Fsp3) is 0.829. The van der Waals surface area contributed by atoms with Crippen molar-refractivity contribution in [2.45, 2.75) is 144 Å². The predicted octanol–water partition coefficient (Wildman–Crippen LogP) is 4.92. The van der Waals surface area contributed by atoms with Crippen molar-refractivity contribution in [3.63, 3.8) is 0 Å². The number of carbonyl (C=O) groups excluding carboxylic acids is 4. The molecule has 0 aliphatic heterocycles. The Morgan fingerprint density at radius 2 is 1.47 bits per heavy atom. The average molecular weight is 637 g/mol. The van der Waals surface area contributed by atoms with Crippen LogP contribution in [0.1, 0.15) is 108 Å². The zero-order chi connectivity index (χ0) is 34.0. The first kappa shape index (κ1) is 37.0. The molecule has 10 nitrogen and oxygen atoms in total. The maximum Gasteiger partial charge on any atom is 0.306 e. The molecule has 11 atom stereocenters. The molecule has 0 amide bonds. The molecule has 2 N–H and O–H groups in total. The van der Waals surface area contributed by atoms with Crippen LogP contribution in [-0.4, -0.2) is 70.7 Å². The number of rotatable bonds is 11. The summed E-state index contributed by atoms with van der Waals surface area (Å²) >= 11 is 0. The van der Waals surface area contributed by atoms with E-state index in [0.29, 0.717) is 18.4 Å². The van der Waals surface area contributed by atoms with Gasteiger partial charge in [-0.05, 0) is 55.4 Å². The minimum absolute atomic E-state index is 0.0300. The van der Waals surface area contributed by atoms with Crippen LogP contribution in [0.3, 0.4) is 0 Å². The molecule has 3 aliphatic rings. The van der Waals surface area contributed by atoms with Crippen LogP contribution in [0.2, 0.25) is 0 Å². The van der Waals surface area contributed by atoms with Gasteiger partial charge < -0.3 is 29.2 Å². The Kier molecular flexibility index (Phi) is 11.9. The fourth-order valence-corrected chi connectivity index (χ4v) is 8.34. The third-order valence-electron chi connectivity index (χ3n) is 10.5. The van der Waals surface area contributed by atoms with E-state index in [0.717, 1.165) is 0 Å². The molecule has 0 heterocycles.